The van der Waals surface area contributed by atoms with E-state index in [0.29, 0.717) is 35.2 Å². The highest BCUT2D eigenvalue weighted by Crippen LogP contribution is 2.30. The highest BCUT2D eigenvalue weighted by atomic mass is 35.5. The molecule has 0 radical (unpaired) electrons. The molecule has 3 heterocycles. The van der Waals surface area contributed by atoms with Gasteiger partial charge in [-0.25, -0.2) is 4.98 Å². The Hall–Kier alpha value is -2.84. The first kappa shape index (κ1) is 23.3. The number of likely N-dealkylation sites (tertiary alicyclic amines) is 1. The van der Waals surface area contributed by atoms with E-state index in [4.69, 9.17) is 16.1 Å². The summed E-state index contributed by atoms with van der Waals surface area (Å²) < 4.78 is 5.25. The summed E-state index contributed by atoms with van der Waals surface area (Å²) in [5.41, 5.74) is 2.56. The summed E-state index contributed by atoms with van der Waals surface area (Å²) in [6, 6.07) is 10.9. The topological polar surface area (TPSA) is 88.3 Å². The number of aromatic nitrogens is 2. The number of piperidine rings is 1. The molecule has 7 nitrogen and oxygen atoms in total. The Morgan fingerprint density at radius 3 is 2.79 bits per heavy atom. The van der Waals surface area contributed by atoms with Crippen LogP contribution in [0.4, 0.5) is 5.82 Å². The number of carbonyl (C=O) groups is 2. The quantitative estimate of drug-likeness (QED) is 0.488. The third-order valence-corrected chi connectivity index (χ3v) is 7.05. The van der Waals surface area contributed by atoms with Crippen molar-refractivity contribution in [3.63, 3.8) is 0 Å². The lowest BCUT2D eigenvalue weighted by atomic mass is 9.96. The predicted molar refractivity (Wildman–Crippen MR) is 128 cm³/mol. The van der Waals surface area contributed by atoms with Gasteiger partial charge < -0.3 is 14.7 Å². The van der Waals surface area contributed by atoms with Gasteiger partial charge in [0, 0.05) is 35.5 Å². The van der Waals surface area contributed by atoms with Gasteiger partial charge in [-0.15, -0.1) is 11.8 Å². The predicted octanol–water partition coefficient (Wildman–Crippen LogP) is 5.12. The van der Waals surface area contributed by atoms with Crippen LogP contribution in [-0.4, -0.2) is 39.9 Å². The minimum absolute atomic E-state index is 0.0565. The summed E-state index contributed by atoms with van der Waals surface area (Å²) in [4.78, 5) is 33.0. The summed E-state index contributed by atoms with van der Waals surface area (Å²) >= 11 is 7.45. The molecule has 2 aromatic heterocycles. The van der Waals surface area contributed by atoms with Crippen molar-refractivity contribution in [2.24, 2.45) is 5.92 Å². The van der Waals surface area contributed by atoms with Crippen molar-refractivity contribution in [2.75, 3.05) is 18.4 Å². The largest absolute Gasteiger partial charge is 0.361 e. The molecule has 33 heavy (non-hydrogen) atoms. The Balaban J connectivity index is 1.43. The van der Waals surface area contributed by atoms with Crippen molar-refractivity contribution < 1.29 is 14.1 Å². The summed E-state index contributed by atoms with van der Waals surface area (Å²) in [7, 11) is 0. The second kappa shape index (κ2) is 10.4. The molecule has 2 amide bonds. The highest BCUT2D eigenvalue weighted by Gasteiger charge is 2.30. The number of aryl methyl sites for hydroxylation is 2. The highest BCUT2D eigenvalue weighted by molar-refractivity contribution is 7.98. The van der Waals surface area contributed by atoms with Gasteiger partial charge >= 0.3 is 0 Å². The fourth-order valence-corrected chi connectivity index (χ4v) is 5.16. The van der Waals surface area contributed by atoms with E-state index in [9.17, 15) is 9.59 Å². The van der Waals surface area contributed by atoms with Gasteiger partial charge in [0.15, 0.2) is 0 Å². The Kier molecular flexibility index (Phi) is 7.35. The molecule has 0 bridgehead atoms. The van der Waals surface area contributed by atoms with Crippen LogP contribution >= 0.6 is 23.4 Å². The van der Waals surface area contributed by atoms with Crippen molar-refractivity contribution in [1.29, 1.82) is 0 Å². The van der Waals surface area contributed by atoms with Gasteiger partial charge in [-0.1, -0.05) is 28.9 Å². The van der Waals surface area contributed by atoms with Gasteiger partial charge in [0.2, 0.25) is 5.91 Å². The lowest BCUT2D eigenvalue weighted by Crippen LogP contribution is -2.44. The standard InChI is InChI=1S/C24H25ClN4O3S/c1-15-20(16(2)32-28-15)14-33-21-8-4-3-7-19(21)24(31)29-11-5-6-17(13-29)23(30)27-22-10-9-18(25)12-26-22/h3-4,7-10,12,17H,5-6,11,13-14H2,1-2H3,(H,26,27,30). The molecule has 0 spiro atoms. The van der Waals surface area contributed by atoms with Gasteiger partial charge in [-0.05, 0) is 51.0 Å². The van der Waals surface area contributed by atoms with Crippen LogP contribution in [0, 0.1) is 19.8 Å². The van der Waals surface area contributed by atoms with Crippen LogP contribution in [0.15, 0.2) is 52.0 Å². The number of carbonyl (C=O) groups excluding carboxylic acids is 2. The molecule has 1 aliphatic rings. The number of hydrogen-bond donors (Lipinski definition) is 1. The third-order valence-electron chi connectivity index (χ3n) is 5.73. The number of nitrogens with zero attached hydrogens (tertiary/aromatic N) is 3. The Morgan fingerprint density at radius 2 is 2.06 bits per heavy atom. The Morgan fingerprint density at radius 1 is 1.24 bits per heavy atom. The zero-order valence-corrected chi connectivity index (χ0v) is 20.1. The second-order valence-corrected chi connectivity index (χ2v) is 9.48. The van der Waals surface area contributed by atoms with Crippen molar-refractivity contribution in [2.45, 2.75) is 37.3 Å². The molecule has 0 saturated carbocycles. The fourth-order valence-electron chi connectivity index (χ4n) is 3.85. The number of halogens is 1. The Bertz CT molecular complexity index is 1130. The molecular weight excluding hydrogens is 460 g/mol. The zero-order chi connectivity index (χ0) is 23.4. The smallest absolute Gasteiger partial charge is 0.255 e. The van der Waals surface area contributed by atoms with E-state index in [0.717, 1.165) is 34.8 Å². The van der Waals surface area contributed by atoms with E-state index in [1.807, 2.05) is 38.1 Å². The van der Waals surface area contributed by atoms with Gasteiger partial charge in [0.25, 0.3) is 5.91 Å². The van der Waals surface area contributed by atoms with Crippen molar-refractivity contribution in [3.8, 4) is 0 Å². The first-order valence-corrected chi connectivity index (χ1v) is 12.1. The van der Waals surface area contributed by atoms with Gasteiger partial charge in [-0.2, -0.15) is 0 Å². The minimum atomic E-state index is -0.290. The SMILES string of the molecule is Cc1noc(C)c1CSc1ccccc1C(=O)N1CCCC(C(=O)Nc2ccc(Cl)cn2)C1. The van der Waals surface area contributed by atoms with Crippen LogP contribution in [0.2, 0.25) is 5.02 Å². The van der Waals surface area contributed by atoms with Crippen LogP contribution < -0.4 is 5.32 Å². The number of hydrogen-bond acceptors (Lipinski definition) is 6. The summed E-state index contributed by atoms with van der Waals surface area (Å²) in [5.74, 6) is 1.44. The number of pyridine rings is 1. The first-order chi connectivity index (χ1) is 15.9. The lowest BCUT2D eigenvalue weighted by Gasteiger charge is -2.32. The summed E-state index contributed by atoms with van der Waals surface area (Å²) in [6.45, 7) is 4.82. The normalized spacial score (nSPS) is 16.0. The summed E-state index contributed by atoms with van der Waals surface area (Å²) in [5, 5.41) is 7.34. The van der Waals surface area contributed by atoms with E-state index in [1.165, 1.54) is 6.20 Å². The number of anilines is 1. The van der Waals surface area contributed by atoms with Crippen LogP contribution in [-0.2, 0) is 10.5 Å². The number of rotatable bonds is 6. The van der Waals surface area contributed by atoms with Crippen molar-refractivity contribution in [1.82, 2.24) is 15.0 Å². The van der Waals surface area contributed by atoms with Gasteiger partial charge in [0.1, 0.15) is 11.6 Å². The monoisotopic (exact) mass is 484 g/mol. The van der Waals surface area contributed by atoms with E-state index in [2.05, 4.69) is 15.5 Å². The van der Waals surface area contributed by atoms with Crippen LogP contribution in [0.5, 0.6) is 0 Å². The lowest BCUT2D eigenvalue weighted by molar-refractivity contribution is -0.121. The molecule has 1 unspecified atom stereocenters. The number of amides is 2. The molecule has 1 saturated heterocycles. The minimum Gasteiger partial charge on any atom is -0.361 e. The maximum atomic E-state index is 13.4. The van der Waals surface area contributed by atoms with Gasteiger partial charge in [0.05, 0.1) is 22.2 Å². The fraction of sp³-hybridized carbons (Fsp3) is 0.333. The summed E-state index contributed by atoms with van der Waals surface area (Å²) in [6.07, 6.45) is 2.99. The average Bonchev–Trinajstić information content (AvgIpc) is 3.16. The number of nitrogens with one attached hydrogen (secondary N) is 1. The molecule has 1 fully saturated rings. The molecule has 9 heteroatoms. The van der Waals surface area contributed by atoms with E-state index in [-0.39, 0.29) is 17.7 Å². The van der Waals surface area contributed by atoms with Crippen molar-refractivity contribution >= 4 is 41.0 Å². The van der Waals surface area contributed by atoms with E-state index >= 15 is 0 Å². The molecule has 0 aliphatic carbocycles. The molecule has 4 rings (SSSR count). The molecule has 1 aromatic carbocycles. The maximum absolute atomic E-state index is 13.4. The molecule has 1 N–H and O–H groups in total. The van der Waals surface area contributed by atoms with Crippen LogP contribution in [0.1, 0.15) is 40.2 Å². The molecule has 172 valence electrons. The van der Waals surface area contributed by atoms with Gasteiger partial charge in [-0.3, -0.25) is 9.59 Å². The van der Waals surface area contributed by atoms with Crippen molar-refractivity contribution in [3.05, 3.63) is 70.2 Å². The molecule has 1 atom stereocenters. The zero-order valence-electron chi connectivity index (χ0n) is 18.5. The van der Waals surface area contributed by atoms with E-state index < -0.39 is 0 Å². The molecule has 1 aliphatic heterocycles. The molecule has 3 aromatic rings. The van der Waals surface area contributed by atoms with Crippen LogP contribution in [0.3, 0.4) is 0 Å². The Labute approximate surface area is 201 Å². The first-order valence-electron chi connectivity index (χ1n) is 10.8. The molecular formula is C24H25ClN4O3S. The third kappa shape index (κ3) is 5.57. The average molecular weight is 485 g/mol. The second-order valence-electron chi connectivity index (χ2n) is 8.03. The number of thioether (sulfide) groups is 1. The van der Waals surface area contributed by atoms with Crippen LogP contribution in [0.25, 0.3) is 0 Å². The maximum Gasteiger partial charge on any atom is 0.255 e. The number of benzene rings is 1. The van der Waals surface area contributed by atoms with E-state index in [1.54, 1.807) is 28.8 Å².